The van der Waals surface area contributed by atoms with Crippen molar-refractivity contribution in [2.45, 2.75) is 0 Å². The number of nitrogens with zero attached hydrogens (tertiary/aromatic N) is 1. The van der Waals surface area contributed by atoms with Gasteiger partial charge in [0.25, 0.3) is 0 Å². The summed E-state index contributed by atoms with van der Waals surface area (Å²) in [6, 6.07) is 0. The third-order valence-corrected chi connectivity index (χ3v) is 2.95. The van der Waals surface area contributed by atoms with Gasteiger partial charge in [-0.3, -0.25) is 14.7 Å². The van der Waals surface area contributed by atoms with E-state index in [2.05, 4.69) is 4.99 Å². The van der Waals surface area contributed by atoms with E-state index in [-0.39, 0.29) is 18.3 Å². The Bertz CT molecular complexity index is 188. The zero-order valence-corrected chi connectivity index (χ0v) is 7.42. The summed E-state index contributed by atoms with van der Waals surface area (Å²) in [5, 5.41) is 0. The maximum atomic E-state index is 8.46. The average Bonchev–Trinajstić information content (AvgIpc) is 1.78. The smallest absolute Gasteiger partial charge is 0.370 e. The lowest BCUT2D eigenvalue weighted by Gasteiger charge is -1.87. The molecular weight excluding hydrogens is 189 g/mol. The predicted octanol–water partition coefficient (Wildman–Crippen LogP) is -2.00. The van der Waals surface area contributed by atoms with Crippen LogP contribution in [-0.2, 0) is 10.9 Å². The van der Waals surface area contributed by atoms with E-state index in [0.29, 0.717) is 10.9 Å². The molecule has 7 N–H and O–H groups in total. The van der Waals surface area contributed by atoms with Gasteiger partial charge in [0, 0.05) is 0 Å². The highest BCUT2D eigenvalue weighted by Crippen LogP contribution is 2.30. The van der Waals surface area contributed by atoms with E-state index in [1.165, 1.54) is 0 Å². The SMILES string of the molecule is NC(N)=NCC[S+]=P(O)(O)O. The van der Waals surface area contributed by atoms with E-state index < -0.39 is 6.72 Å². The minimum absolute atomic E-state index is 0.0525. The van der Waals surface area contributed by atoms with Crippen molar-refractivity contribution in [2.75, 3.05) is 12.3 Å². The molecule has 0 atom stereocenters. The molecule has 0 aromatic heterocycles. The normalized spacial score (nSPS) is 10.8. The van der Waals surface area contributed by atoms with Crippen molar-refractivity contribution in [3.8, 4) is 0 Å². The first kappa shape index (κ1) is 10.8. The summed E-state index contributed by atoms with van der Waals surface area (Å²) in [4.78, 5) is 28.9. The van der Waals surface area contributed by atoms with Crippen LogP contribution in [0.15, 0.2) is 4.99 Å². The van der Waals surface area contributed by atoms with E-state index in [1.54, 1.807) is 0 Å². The molecule has 0 aromatic rings. The first-order chi connectivity index (χ1) is 4.92. The minimum Gasteiger partial charge on any atom is -0.370 e. The maximum absolute atomic E-state index is 8.46. The summed E-state index contributed by atoms with van der Waals surface area (Å²) >= 11 is 0. The molecule has 0 spiro atoms. The second-order valence-electron chi connectivity index (χ2n) is 1.65. The molecule has 0 heterocycles. The molecule has 0 rings (SSSR count). The van der Waals surface area contributed by atoms with E-state index in [9.17, 15) is 0 Å². The van der Waals surface area contributed by atoms with Gasteiger partial charge >= 0.3 is 6.72 Å². The van der Waals surface area contributed by atoms with Crippen molar-refractivity contribution < 1.29 is 14.7 Å². The van der Waals surface area contributed by atoms with Crippen molar-refractivity contribution in [1.82, 2.24) is 0 Å². The minimum atomic E-state index is -3.71. The first-order valence-corrected chi connectivity index (χ1v) is 5.93. The van der Waals surface area contributed by atoms with Gasteiger partial charge in [-0.1, -0.05) is 0 Å². The Morgan fingerprint density at radius 2 is 1.91 bits per heavy atom. The van der Waals surface area contributed by atoms with Crippen LogP contribution in [0.4, 0.5) is 0 Å². The van der Waals surface area contributed by atoms with Gasteiger partial charge in [-0.2, -0.15) is 0 Å². The van der Waals surface area contributed by atoms with Gasteiger partial charge in [0.15, 0.2) is 11.7 Å². The molecule has 0 bridgehead atoms. The number of hydrogen-bond acceptors (Lipinski definition) is 1. The van der Waals surface area contributed by atoms with Crippen LogP contribution < -0.4 is 11.5 Å². The fourth-order valence-electron chi connectivity index (χ4n) is 0.338. The van der Waals surface area contributed by atoms with Crippen molar-refractivity contribution in [1.29, 1.82) is 0 Å². The van der Waals surface area contributed by atoms with E-state index >= 15 is 0 Å². The number of hydrogen-bond donors (Lipinski definition) is 5. The van der Waals surface area contributed by atoms with Crippen LogP contribution in [0.25, 0.3) is 0 Å². The van der Waals surface area contributed by atoms with Gasteiger partial charge in [0.05, 0.1) is 6.54 Å². The molecule has 8 heteroatoms. The predicted molar refractivity (Wildman–Crippen MR) is 46.5 cm³/mol. The molecule has 0 unspecified atom stereocenters. The van der Waals surface area contributed by atoms with Crippen LogP contribution in [0.1, 0.15) is 0 Å². The molecule has 0 amide bonds. The lowest BCUT2D eigenvalue weighted by atomic mass is 10.8. The van der Waals surface area contributed by atoms with Crippen LogP contribution >= 0.6 is 6.72 Å². The van der Waals surface area contributed by atoms with Crippen LogP contribution in [0.2, 0.25) is 0 Å². The summed E-state index contributed by atoms with van der Waals surface area (Å²) in [7, 11) is 0.635. The monoisotopic (exact) mass is 200 g/mol. The fourth-order valence-corrected chi connectivity index (χ4v) is 1.74. The highest BCUT2D eigenvalue weighted by molar-refractivity contribution is 8.16. The largest absolute Gasteiger partial charge is 0.515 e. The Morgan fingerprint density at radius 3 is 2.27 bits per heavy atom. The number of nitrogens with two attached hydrogens (primary N) is 2. The molecular formula is C3H11N3O3PS+. The topological polar surface area (TPSA) is 125 Å². The summed E-state index contributed by atoms with van der Waals surface area (Å²) in [6.45, 7) is -3.45. The van der Waals surface area contributed by atoms with Gasteiger partial charge in [-0.05, 0) is 0 Å². The first-order valence-electron chi connectivity index (χ1n) is 2.69. The Labute approximate surface area is 67.8 Å². The summed E-state index contributed by atoms with van der Waals surface area (Å²) in [6.07, 6.45) is 0. The Hall–Kier alpha value is -0.200. The highest BCUT2D eigenvalue weighted by atomic mass is 32.5. The Kier molecular flexibility index (Phi) is 4.55. The zero-order chi connectivity index (χ0) is 8.91. The van der Waals surface area contributed by atoms with Gasteiger partial charge in [0.1, 0.15) is 0 Å². The van der Waals surface area contributed by atoms with Gasteiger partial charge < -0.3 is 11.5 Å². The highest BCUT2D eigenvalue weighted by Gasteiger charge is 2.17. The number of guanidine groups is 1. The summed E-state index contributed by atoms with van der Waals surface area (Å²) in [5.74, 6) is 0.221. The van der Waals surface area contributed by atoms with Crippen LogP contribution in [0.3, 0.4) is 0 Å². The molecule has 0 aliphatic carbocycles. The van der Waals surface area contributed by atoms with E-state index in [0.717, 1.165) is 0 Å². The Balaban J connectivity index is 3.68. The van der Waals surface area contributed by atoms with Crippen molar-refractivity contribution >= 4 is 23.6 Å². The van der Waals surface area contributed by atoms with Crippen LogP contribution in [0, 0.1) is 0 Å². The van der Waals surface area contributed by atoms with Gasteiger partial charge in [-0.15, -0.1) is 0 Å². The van der Waals surface area contributed by atoms with Crippen molar-refractivity contribution in [3.63, 3.8) is 0 Å². The number of aliphatic imine (C=N–C) groups is 1. The van der Waals surface area contributed by atoms with E-state index in [1.807, 2.05) is 0 Å². The zero-order valence-electron chi connectivity index (χ0n) is 5.71. The second kappa shape index (κ2) is 4.63. The fraction of sp³-hybridized carbons (Fsp3) is 0.667. The molecule has 0 aromatic carbocycles. The molecule has 0 radical (unpaired) electrons. The molecule has 0 aliphatic heterocycles. The molecule has 0 saturated carbocycles. The van der Waals surface area contributed by atoms with Crippen molar-refractivity contribution in [3.05, 3.63) is 0 Å². The van der Waals surface area contributed by atoms with Crippen LogP contribution in [0.5, 0.6) is 0 Å². The van der Waals surface area contributed by atoms with Gasteiger partial charge in [-0.25, -0.2) is 4.99 Å². The van der Waals surface area contributed by atoms with E-state index in [4.69, 9.17) is 26.1 Å². The second-order valence-corrected chi connectivity index (χ2v) is 5.59. The average molecular weight is 200 g/mol. The summed E-state index contributed by atoms with van der Waals surface area (Å²) < 4.78 is 0. The third kappa shape index (κ3) is 9.80. The molecule has 6 nitrogen and oxygen atoms in total. The van der Waals surface area contributed by atoms with Crippen LogP contribution in [-0.4, -0.2) is 32.9 Å². The van der Waals surface area contributed by atoms with Crippen molar-refractivity contribution in [2.24, 2.45) is 16.5 Å². The summed E-state index contributed by atoms with van der Waals surface area (Å²) in [5.41, 5.74) is 9.96. The number of rotatable bonds is 3. The molecule has 66 valence electrons. The van der Waals surface area contributed by atoms with Gasteiger partial charge in [0.2, 0.25) is 10.9 Å². The lowest BCUT2D eigenvalue weighted by molar-refractivity contribution is 0.363. The third-order valence-electron chi connectivity index (χ3n) is 0.650. The molecule has 0 aliphatic rings. The molecule has 0 fully saturated rings. The maximum Gasteiger partial charge on any atom is 0.515 e. The quantitative estimate of drug-likeness (QED) is 0.118. The molecule has 11 heavy (non-hydrogen) atoms. The standard InChI is InChI=1S/C3H11N3O3PS/c4-3(5)6-1-2-11-10(7,8)9/h7-9H,1-2H2,(H4,4,5,6)/q+1. The lowest BCUT2D eigenvalue weighted by Crippen LogP contribution is -2.23. The molecule has 0 saturated heterocycles. The Morgan fingerprint density at radius 1 is 1.36 bits per heavy atom.